The minimum Gasteiger partial charge on any atom is -0.350 e. The summed E-state index contributed by atoms with van der Waals surface area (Å²) in [4.78, 5) is 35.6. The predicted molar refractivity (Wildman–Crippen MR) is 114 cm³/mol. The third-order valence-electron chi connectivity index (χ3n) is 4.97. The number of pyridine rings is 1. The Hall–Kier alpha value is -2.90. The van der Waals surface area contributed by atoms with Crippen LogP contribution in [0, 0.1) is 0 Å². The highest BCUT2D eigenvalue weighted by Crippen LogP contribution is 2.24. The summed E-state index contributed by atoms with van der Waals surface area (Å²) in [6.07, 6.45) is 8.25. The van der Waals surface area contributed by atoms with Crippen molar-refractivity contribution in [2.45, 2.75) is 25.4 Å². The molecule has 1 N–H and O–H groups in total. The smallest absolute Gasteiger partial charge is 0.254 e. The lowest BCUT2D eigenvalue weighted by atomic mass is 10.1. The summed E-state index contributed by atoms with van der Waals surface area (Å²) in [5, 5.41) is 3.68. The summed E-state index contributed by atoms with van der Waals surface area (Å²) in [5.41, 5.74) is 1.25. The Kier molecular flexibility index (Phi) is 6.01. The molecule has 0 saturated carbocycles. The lowest BCUT2D eigenvalue weighted by molar-refractivity contribution is -0.125. The van der Waals surface area contributed by atoms with Crippen molar-refractivity contribution >= 4 is 35.0 Å². The average molecular weight is 444 g/mol. The van der Waals surface area contributed by atoms with Gasteiger partial charge in [-0.1, -0.05) is 29.3 Å². The normalized spacial score (nSPS) is 15.9. The number of aromatic nitrogens is 3. The highest BCUT2D eigenvalue weighted by atomic mass is 35.5. The second kappa shape index (κ2) is 8.85. The molecule has 7 nitrogen and oxygen atoms in total. The van der Waals surface area contributed by atoms with Crippen LogP contribution in [0.25, 0.3) is 5.82 Å². The quantitative estimate of drug-likeness (QED) is 0.654. The minimum atomic E-state index is -0.520. The van der Waals surface area contributed by atoms with Gasteiger partial charge in [0.05, 0.1) is 0 Å². The molecule has 4 rings (SSSR count). The van der Waals surface area contributed by atoms with Crippen molar-refractivity contribution in [1.29, 1.82) is 0 Å². The molecule has 1 unspecified atom stereocenters. The second-order valence-electron chi connectivity index (χ2n) is 7.03. The first-order valence-corrected chi connectivity index (χ1v) is 10.2. The van der Waals surface area contributed by atoms with E-state index in [4.69, 9.17) is 23.2 Å². The van der Waals surface area contributed by atoms with E-state index in [9.17, 15) is 9.59 Å². The van der Waals surface area contributed by atoms with Crippen LogP contribution < -0.4 is 5.32 Å². The van der Waals surface area contributed by atoms with Crippen molar-refractivity contribution in [2.75, 3.05) is 6.54 Å². The van der Waals surface area contributed by atoms with E-state index in [-0.39, 0.29) is 11.8 Å². The molecule has 9 heteroatoms. The van der Waals surface area contributed by atoms with Gasteiger partial charge in [-0.05, 0) is 42.7 Å². The van der Waals surface area contributed by atoms with Crippen LogP contribution in [0.1, 0.15) is 28.8 Å². The fourth-order valence-electron chi connectivity index (χ4n) is 3.50. The third-order valence-corrected chi connectivity index (χ3v) is 5.41. The minimum absolute atomic E-state index is 0.187. The van der Waals surface area contributed by atoms with Gasteiger partial charge in [0.2, 0.25) is 5.91 Å². The molecule has 2 amide bonds. The van der Waals surface area contributed by atoms with Crippen LogP contribution in [-0.4, -0.2) is 43.8 Å². The van der Waals surface area contributed by atoms with Crippen molar-refractivity contribution < 1.29 is 9.59 Å². The summed E-state index contributed by atoms with van der Waals surface area (Å²) in [7, 11) is 0. The molecule has 30 heavy (non-hydrogen) atoms. The second-order valence-corrected chi connectivity index (χ2v) is 7.90. The molecule has 0 aliphatic carbocycles. The Morgan fingerprint density at radius 3 is 2.63 bits per heavy atom. The van der Waals surface area contributed by atoms with Crippen molar-refractivity contribution in [3.05, 3.63) is 76.4 Å². The fourth-order valence-corrected chi connectivity index (χ4v) is 4.03. The maximum Gasteiger partial charge on any atom is 0.254 e. The molecule has 1 atom stereocenters. The largest absolute Gasteiger partial charge is 0.350 e. The van der Waals surface area contributed by atoms with Crippen LogP contribution >= 0.6 is 23.2 Å². The van der Waals surface area contributed by atoms with Gasteiger partial charge in [0.15, 0.2) is 0 Å². The van der Waals surface area contributed by atoms with E-state index < -0.39 is 6.04 Å². The number of likely N-dealkylation sites (tertiary alicyclic amines) is 1. The molecular weight excluding hydrogens is 425 g/mol. The van der Waals surface area contributed by atoms with Gasteiger partial charge in [0, 0.05) is 47.3 Å². The number of nitrogens with zero attached hydrogens (tertiary/aromatic N) is 4. The molecular formula is C21H19Cl2N5O2. The summed E-state index contributed by atoms with van der Waals surface area (Å²) in [5.74, 6) is 0.311. The molecule has 0 spiro atoms. The van der Waals surface area contributed by atoms with Crippen LogP contribution in [0.4, 0.5) is 0 Å². The van der Waals surface area contributed by atoms with Crippen LogP contribution in [0.3, 0.4) is 0 Å². The Bertz CT molecular complexity index is 1030. The van der Waals surface area contributed by atoms with E-state index in [1.807, 2.05) is 18.3 Å². The summed E-state index contributed by atoms with van der Waals surface area (Å²) in [6, 6.07) is 7.94. The monoisotopic (exact) mass is 443 g/mol. The molecule has 1 aliphatic heterocycles. The van der Waals surface area contributed by atoms with Gasteiger partial charge in [-0.2, -0.15) is 0 Å². The van der Waals surface area contributed by atoms with E-state index in [1.54, 1.807) is 46.4 Å². The van der Waals surface area contributed by atoms with Crippen LogP contribution in [-0.2, 0) is 11.3 Å². The highest BCUT2D eigenvalue weighted by molar-refractivity contribution is 6.35. The molecule has 0 radical (unpaired) electrons. The molecule has 154 valence electrons. The molecule has 1 aliphatic rings. The van der Waals surface area contributed by atoms with E-state index >= 15 is 0 Å². The number of imidazole rings is 1. The standard InChI is InChI=1S/C21H19Cl2N5O2/c22-16-8-15(9-17(23)10-16)21(30)28-6-1-2-18(28)20(29)26-12-14-3-4-19(25-11-14)27-7-5-24-13-27/h3-5,7-11,13,18H,1-2,6,12H2,(H,26,29). The number of hydrogen-bond donors (Lipinski definition) is 1. The summed E-state index contributed by atoms with van der Waals surface area (Å²) < 4.78 is 1.80. The molecule has 0 bridgehead atoms. The van der Waals surface area contributed by atoms with Gasteiger partial charge in [-0.25, -0.2) is 9.97 Å². The number of carbonyl (C=O) groups is 2. The topological polar surface area (TPSA) is 80.1 Å². The zero-order valence-electron chi connectivity index (χ0n) is 16.0. The van der Waals surface area contributed by atoms with Crippen molar-refractivity contribution in [1.82, 2.24) is 24.8 Å². The SMILES string of the molecule is O=C(NCc1ccc(-n2ccnc2)nc1)C1CCCN1C(=O)c1cc(Cl)cc(Cl)c1. The van der Waals surface area contributed by atoms with E-state index in [2.05, 4.69) is 15.3 Å². The van der Waals surface area contributed by atoms with Gasteiger partial charge in [0.1, 0.15) is 18.2 Å². The summed E-state index contributed by atoms with van der Waals surface area (Å²) in [6.45, 7) is 0.847. The molecule has 3 aromatic rings. The zero-order chi connectivity index (χ0) is 21.1. The molecule has 1 saturated heterocycles. The molecule has 3 heterocycles. The van der Waals surface area contributed by atoms with Crippen LogP contribution in [0.15, 0.2) is 55.2 Å². The van der Waals surface area contributed by atoms with Crippen molar-refractivity contribution in [3.8, 4) is 5.82 Å². The fraction of sp³-hybridized carbons (Fsp3) is 0.238. The van der Waals surface area contributed by atoms with Gasteiger partial charge in [0.25, 0.3) is 5.91 Å². The average Bonchev–Trinajstić information content (AvgIpc) is 3.43. The lowest BCUT2D eigenvalue weighted by Crippen LogP contribution is -2.45. The maximum atomic E-state index is 12.9. The Morgan fingerprint density at radius 1 is 1.17 bits per heavy atom. The Labute approximate surface area is 183 Å². The van der Waals surface area contributed by atoms with Crippen molar-refractivity contribution in [2.24, 2.45) is 0 Å². The number of amides is 2. The maximum absolute atomic E-state index is 12.9. The molecule has 1 aromatic carbocycles. The highest BCUT2D eigenvalue weighted by Gasteiger charge is 2.34. The van der Waals surface area contributed by atoms with Gasteiger partial charge >= 0.3 is 0 Å². The van der Waals surface area contributed by atoms with Gasteiger partial charge < -0.3 is 10.2 Å². The Morgan fingerprint density at radius 2 is 1.97 bits per heavy atom. The lowest BCUT2D eigenvalue weighted by Gasteiger charge is -2.24. The van der Waals surface area contributed by atoms with Crippen molar-refractivity contribution in [3.63, 3.8) is 0 Å². The van der Waals surface area contributed by atoms with E-state index in [0.717, 1.165) is 17.8 Å². The molecule has 2 aromatic heterocycles. The predicted octanol–water partition coefficient (Wildman–Crippen LogP) is 3.50. The van der Waals surface area contributed by atoms with Crippen LogP contribution in [0.2, 0.25) is 10.0 Å². The molecule has 1 fully saturated rings. The van der Waals surface area contributed by atoms with Crippen LogP contribution in [0.5, 0.6) is 0 Å². The number of hydrogen-bond acceptors (Lipinski definition) is 4. The first-order valence-electron chi connectivity index (χ1n) is 9.49. The van der Waals surface area contributed by atoms with Gasteiger partial charge in [-0.15, -0.1) is 0 Å². The number of rotatable bonds is 5. The number of benzene rings is 1. The number of halogens is 2. The first kappa shape index (κ1) is 20.4. The van der Waals surface area contributed by atoms with E-state index in [0.29, 0.717) is 35.1 Å². The summed E-state index contributed by atoms with van der Waals surface area (Å²) >= 11 is 12.0. The van der Waals surface area contributed by atoms with Gasteiger partial charge in [-0.3, -0.25) is 14.2 Å². The number of nitrogens with one attached hydrogen (secondary N) is 1. The first-order chi connectivity index (χ1) is 14.5. The van der Waals surface area contributed by atoms with E-state index in [1.165, 1.54) is 0 Å². The third kappa shape index (κ3) is 4.47. The Balaban J connectivity index is 1.39. The number of carbonyl (C=O) groups excluding carboxylic acids is 2. The zero-order valence-corrected chi connectivity index (χ0v) is 17.5.